The Morgan fingerprint density at radius 1 is 1.14 bits per heavy atom. The Morgan fingerprint density at radius 3 is 2.64 bits per heavy atom. The van der Waals surface area contributed by atoms with Gasteiger partial charge >= 0.3 is 0 Å². The average Bonchev–Trinajstić information content (AvgIpc) is 2.17. The summed E-state index contributed by atoms with van der Waals surface area (Å²) in [5, 5.41) is 2.16. The molecule has 72 valence electrons. The van der Waals surface area contributed by atoms with Crippen LogP contribution in [0, 0.1) is 0 Å². The Bertz CT molecular complexity index is 463. The SMILES string of the molecule is CN(C)c1nccc2c(N)cccc12. The minimum Gasteiger partial charge on any atom is -0.398 e. The van der Waals surface area contributed by atoms with Crippen LogP contribution >= 0.6 is 0 Å². The molecule has 0 atom stereocenters. The number of nitrogen functional groups attached to an aromatic ring is 1. The summed E-state index contributed by atoms with van der Waals surface area (Å²) in [6, 6.07) is 7.83. The van der Waals surface area contributed by atoms with E-state index in [9.17, 15) is 0 Å². The van der Waals surface area contributed by atoms with Crippen molar-refractivity contribution in [3.63, 3.8) is 0 Å². The highest BCUT2D eigenvalue weighted by atomic mass is 15.1. The third kappa shape index (κ3) is 1.27. The van der Waals surface area contributed by atoms with E-state index in [1.54, 1.807) is 6.20 Å². The van der Waals surface area contributed by atoms with Crippen LogP contribution in [0.1, 0.15) is 0 Å². The van der Waals surface area contributed by atoms with Crippen molar-refractivity contribution in [3.05, 3.63) is 30.5 Å². The lowest BCUT2D eigenvalue weighted by molar-refractivity contribution is 1.08. The monoisotopic (exact) mass is 187 g/mol. The molecule has 3 heteroatoms. The molecule has 0 aliphatic carbocycles. The lowest BCUT2D eigenvalue weighted by Crippen LogP contribution is -2.10. The van der Waals surface area contributed by atoms with Gasteiger partial charge in [0.15, 0.2) is 0 Å². The van der Waals surface area contributed by atoms with Gasteiger partial charge in [0.1, 0.15) is 5.82 Å². The summed E-state index contributed by atoms with van der Waals surface area (Å²) in [5.41, 5.74) is 6.68. The minimum atomic E-state index is 0.799. The minimum absolute atomic E-state index is 0.799. The Labute approximate surface area is 83.2 Å². The standard InChI is InChI=1S/C11H13N3/c1-14(2)11-9-4-3-5-10(12)8(9)6-7-13-11/h3-7H,12H2,1-2H3. The van der Waals surface area contributed by atoms with Crippen LogP contribution in [0.3, 0.4) is 0 Å². The largest absolute Gasteiger partial charge is 0.398 e. The van der Waals surface area contributed by atoms with E-state index in [2.05, 4.69) is 4.98 Å². The molecule has 0 fully saturated rings. The molecule has 0 saturated carbocycles. The first-order valence-corrected chi connectivity index (χ1v) is 4.50. The molecule has 2 rings (SSSR count). The van der Waals surface area contributed by atoms with Gasteiger partial charge in [-0.1, -0.05) is 12.1 Å². The topological polar surface area (TPSA) is 42.2 Å². The molecule has 0 amide bonds. The van der Waals surface area contributed by atoms with Crippen molar-refractivity contribution in [2.24, 2.45) is 0 Å². The summed E-state index contributed by atoms with van der Waals surface area (Å²) < 4.78 is 0. The molecule has 2 N–H and O–H groups in total. The van der Waals surface area contributed by atoms with Gasteiger partial charge in [0.05, 0.1) is 0 Å². The first kappa shape index (κ1) is 8.81. The van der Waals surface area contributed by atoms with E-state index in [4.69, 9.17) is 5.73 Å². The van der Waals surface area contributed by atoms with E-state index < -0.39 is 0 Å². The van der Waals surface area contributed by atoms with Crippen molar-refractivity contribution in [3.8, 4) is 0 Å². The van der Waals surface area contributed by atoms with Crippen LogP contribution in [0.15, 0.2) is 30.5 Å². The highest BCUT2D eigenvalue weighted by Crippen LogP contribution is 2.26. The van der Waals surface area contributed by atoms with Crippen molar-refractivity contribution in [2.45, 2.75) is 0 Å². The predicted octanol–water partition coefficient (Wildman–Crippen LogP) is 1.88. The second-order valence-electron chi connectivity index (χ2n) is 3.47. The Balaban J connectivity index is 2.81. The molecule has 1 heterocycles. The zero-order valence-electron chi connectivity index (χ0n) is 8.36. The molecule has 0 spiro atoms. The zero-order chi connectivity index (χ0) is 10.1. The van der Waals surface area contributed by atoms with Crippen LogP contribution in [-0.4, -0.2) is 19.1 Å². The zero-order valence-corrected chi connectivity index (χ0v) is 8.36. The molecule has 14 heavy (non-hydrogen) atoms. The van der Waals surface area contributed by atoms with Gasteiger partial charge < -0.3 is 10.6 Å². The van der Waals surface area contributed by atoms with E-state index in [1.165, 1.54) is 0 Å². The Morgan fingerprint density at radius 2 is 1.93 bits per heavy atom. The van der Waals surface area contributed by atoms with E-state index in [0.29, 0.717) is 0 Å². The maximum atomic E-state index is 5.88. The van der Waals surface area contributed by atoms with Gasteiger partial charge in [0.2, 0.25) is 0 Å². The Hall–Kier alpha value is -1.77. The smallest absolute Gasteiger partial charge is 0.135 e. The van der Waals surface area contributed by atoms with Gasteiger partial charge in [-0.15, -0.1) is 0 Å². The second-order valence-corrected chi connectivity index (χ2v) is 3.47. The van der Waals surface area contributed by atoms with Crippen molar-refractivity contribution in [1.29, 1.82) is 0 Å². The number of fused-ring (bicyclic) bond motifs is 1. The molecule has 0 saturated heterocycles. The summed E-state index contributed by atoms with van der Waals surface area (Å²) in [6.45, 7) is 0. The molecule has 1 aromatic carbocycles. The van der Waals surface area contributed by atoms with E-state index >= 15 is 0 Å². The van der Waals surface area contributed by atoms with Crippen molar-refractivity contribution >= 4 is 22.3 Å². The highest BCUT2D eigenvalue weighted by molar-refractivity contribution is 5.99. The first-order chi connectivity index (χ1) is 6.70. The lowest BCUT2D eigenvalue weighted by atomic mass is 10.1. The summed E-state index contributed by atoms with van der Waals surface area (Å²) in [4.78, 5) is 6.31. The molecule has 0 unspecified atom stereocenters. The highest BCUT2D eigenvalue weighted by Gasteiger charge is 2.04. The molecular formula is C11H13N3. The van der Waals surface area contributed by atoms with Crippen molar-refractivity contribution in [2.75, 3.05) is 24.7 Å². The molecule has 0 aliphatic rings. The van der Waals surface area contributed by atoms with Gasteiger partial charge in [-0.2, -0.15) is 0 Å². The maximum absolute atomic E-state index is 5.88. The molecule has 0 bridgehead atoms. The lowest BCUT2D eigenvalue weighted by Gasteiger charge is -2.14. The van der Waals surface area contributed by atoms with Gasteiger partial charge in [0.25, 0.3) is 0 Å². The van der Waals surface area contributed by atoms with Gasteiger partial charge in [-0.25, -0.2) is 4.98 Å². The second kappa shape index (κ2) is 3.18. The van der Waals surface area contributed by atoms with Gasteiger partial charge in [-0.05, 0) is 12.1 Å². The molecule has 0 aliphatic heterocycles. The van der Waals surface area contributed by atoms with Crippen LogP contribution in [0.4, 0.5) is 11.5 Å². The number of hydrogen-bond donors (Lipinski definition) is 1. The summed E-state index contributed by atoms with van der Waals surface area (Å²) in [5.74, 6) is 0.954. The normalized spacial score (nSPS) is 10.4. The fourth-order valence-electron chi connectivity index (χ4n) is 1.57. The number of nitrogens with two attached hydrogens (primary N) is 1. The number of rotatable bonds is 1. The van der Waals surface area contributed by atoms with E-state index in [1.807, 2.05) is 43.3 Å². The van der Waals surface area contributed by atoms with Crippen molar-refractivity contribution < 1.29 is 0 Å². The number of benzene rings is 1. The fourth-order valence-corrected chi connectivity index (χ4v) is 1.57. The first-order valence-electron chi connectivity index (χ1n) is 4.50. The fraction of sp³-hybridized carbons (Fsp3) is 0.182. The van der Waals surface area contributed by atoms with Gasteiger partial charge in [-0.3, -0.25) is 0 Å². The van der Waals surface area contributed by atoms with Crippen molar-refractivity contribution in [1.82, 2.24) is 4.98 Å². The third-order valence-electron chi connectivity index (χ3n) is 2.24. The van der Waals surface area contributed by atoms with Crippen LogP contribution < -0.4 is 10.6 Å². The molecule has 0 radical (unpaired) electrons. The van der Waals surface area contributed by atoms with Crippen LogP contribution in [-0.2, 0) is 0 Å². The van der Waals surface area contributed by atoms with Crippen LogP contribution in [0.25, 0.3) is 10.8 Å². The molecule has 1 aromatic heterocycles. The summed E-state index contributed by atoms with van der Waals surface area (Å²) in [7, 11) is 3.95. The number of aromatic nitrogens is 1. The van der Waals surface area contributed by atoms with E-state index in [0.717, 1.165) is 22.3 Å². The van der Waals surface area contributed by atoms with Crippen LogP contribution in [0.2, 0.25) is 0 Å². The summed E-state index contributed by atoms with van der Waals surface area (Å²) >= 11 is 0. The third-order valence-corrected chi connectivity index (χ3v) is 2.24. The van der Waals surface area contributed by atoms with Gasteiger partial charge in [0, 0.05) is 36.8 Å². The number of hydrogen-bond acceptors (Lipinski definition) is 3. The quantitative estimate of drug-likeness (QED) is 0.693. The van der Waals surface area contributed by atoms with E-state index in [-0.39, 0.29) is 0 Å². The molecular weight excluding hydrogens is 174 g/mol. The maximum Gasteiger partial charge on any atom is 0.135 e. The van der Waals surface area contributed by atoms with Crippen LogP contribution in [0.5, 0.6) is 0 Å². The summed E-state index contributed by atoms with van der Waals surface area (Å²) in [6.07, 6.45) is 1.79. The average molecular weight is 187 g/mol. The number of nitrogens with zero attached hydrogens (tertiary/aromatic N) is 2. The molecule has 3 nitrogen and oxygen atoms in total. The molecule has 2 aromatic rings. The number of anilines is 2. The predicted molar refractivity (Wildman–Crippen MR) is 60.5 cm³/mol. The number of pyridine rings is 1. The Kier molecular flexibility index (Phi) is 2.00.